The summed E-state index contributed by atoms with van der Waals surface area (Å²) in [6, 6.07) is 0. The lowest BCUT2D eigenvalue weighted by molar-refractivity contribution is 0.166. The Kier molecular flexibility index (Phi) is 15.1. The Morgan fingerprint density at radius 1 is 0.935 bits per heavy atom. The van der Waals surface area contributed by atoms with Gasteiger partial charge in [-0.1, -0.05) is 93.2 Å². The molecule has 0 bridgehead atoms. The highest BCUT2D eigenvalue weighted by Crippen LogP contribution is 2.54. The Hall–Kier alpha value is -0.520. The van der Waals surface area contributed by atoms with Gasteiger partial charge in [0.15, 0.2) is 0 Å². The van der Waals surface area contributed by atoms with Crippen molar-refractivity contribution in [2.24, 2.45) is 40.9 Å². The third kappa shape index (κ3) is 8.08. The average molecular weight is 433 g/mol. The van der Waals surface area contributed by atoms with Crippen molar-refractivity contribution in [3.8, 4) is 0 Å². The van der Waals surface area contributed by atoms with Crippen molar-refractivity contribution < 1.29 is 0 Å². The maximum absolute atomic E-state index is 3.00. The first-order valence-corrected chi connectivity index (χ1v) is 14.0. The van der Waals surface area contributed by atoms with E-state index in [1.165, 1.54) is 64.2 Å². The minimum atomic E-state index is 0.481. The van der Waals surface area contributed by atoms with Crippen LogP contribution in [0, 0.1) is 40.9 Å². The third-order valence-electron chi connectivity index (χ3n) is 8.68. The molecule has 0 spiro atoms. The van der Waals surface area contributed by atoms with Crippen LogP contribution >= 0.6 is 0 Å². The molecule has 0 aromatic rings. The van der Waals surface area contributed by atoms with Crippen LogP contribution in [-0.2, 0) is 0 Å². The van der Waals surface area contributed by atoms with Crippen LogP contribution in [0.4, 0.5) is 0 Å². The molecule has 0 amide bonds. The largest absolute Gasteiger partial charge is 0.106 e. The van der Waals surface area contributed by atoms with Crippen LogP contribution in [0.15, 0.2) is 24.3 Å². The maximum atomic E-state index is 3.00. The quantitative estimate of drug-likeness (QED) is 0.366. The monoisotopic (exact) mass is 432 g/mol. The lowest BCUT2D eigenvalue weighted by Crippen LogP contribution is -2.35. The summed E-state index contributed by atoms with van der Waals surface area (Å²) in [5.41, 5.74) is 4.31. The van der Waals surface area contributed by atoms with E-state index in [0.29, 0.717) is 5.41 Å². The summed E-state index contributed by atoms with van der Waals surface area (Å²) in [4.78, 5) is 0. The normalized spacial score (nSPS) is 32.4. The van der Waals surface area contributed by atoms with Gasteiger partial charge in [0.1, 0.15) is 0 Å². The van der Waals surface area contributed by atoms with Crippen molar-refractivity contribution in [2.45, 2.75) is 133 Å². The summed E-state index contributed by atoms with van der Waals surface area (Å²) in [5, 5.41) is 0. The van der Waals surface area contributed by atoms with Crippen LogP contribution in [0.1, 0.15) is 133 Å². The molecule has 6 atom stereocenters. The van der Waals surface area contributed by atoms with E-state index in [1.807, 2.05) is 25.0 Å². The fourth-order valence-electron chi connectivity index (χ4n) is 7.18. The average Bonchev–Trinajstić information content (AvgIpc) is 2.80. The molecule has 2 aliphatic carbocycles. The van der Waals surface area contributed by atoms with E-state index in [1.54, 1.807) is 0 Å². The summed E-state index contributed by atoms with van der Waals surface area (Å²) < 4.78 is 0. The molecule has 184 valence electrons. The van der Waals surface area contributed by atoms with Gasteiger partial charge in [-0.25, -0.2) is 0 Å². The van der Waals surface area contributed by atoms with E-state index >= 15 is 0 Å². The van der Waals surface area contributed by atoms with Gasteiger partial charge in [-0.15, -0.1) is 13.2 Å². The lowest BCUT2D eigenvalue weighted by atomic mass is 9.59. The molecule has 0 aliphatic heterocycles. The smallest absolute Gasteiger partial charge is 0.00854 e. The molecule has 0 fully saturated rings. The van der Waals surface area contributed by atoms with Crippen molar-refractivity contribution in [3.05, 3.63) is 24.3 Å². The number of hydrogen-bond acceptors (Lipinski definition) is 0. The Bertz CT molecular complexity index is 498. The molecule has 0 saturated heterocycles. The molecule has 0 aromatic carbocycles. The van der Waals surface area contributed by atoms with E-state index in [4.69, 9.17) is 0 Å². The number of rotatable bonds is 6. The predicted molar refractivity (Wildman–Crippen MR) is 145 cm³/mol. The van der Waals surface area contributed by atoms with Gasteiger partial charge in [0.05, 0.1) is 0 Å². The van der Waals surface area contributed by atoms with Crippen molar-refractivity contribution >= 4 is 0 Å². The summed E-state index contributed by atoms with van der Waals surface area (Å²) in [7, 11) is 0. The Morgan fingerprint density at radius 3 is 2.06 bits per heavy atom. The highest BCUT2D eigenvalue weighted by molar-refractivity contribution is 5.28. The van der Waals surface area contributed by atoms with Gasteiger partial charge < -0.3 is 0 Å². The summed E-state index contributed by atoms with van der Waals surface area (Å²) >= 11 is 0. The van der Waals surface area contributed by atoms with E-state index in [-0.39, 0.29) is 0 Å². The molecule has 0 nitrogen and oxygen atoms in total. The third-order valence-corrected chi connectivity index (χ3v) is 8.68. The first kappa shape index (κ1) is 30.5. The fraction of sp³-hybridized carbons (Fsp3) is 0.871. The molecule has 0 aromatic heterocycles. The molecule has 31 heavy (non-hydrogen) atoms. The second-order valence-electron chi connectivity index (χ2n) is 11.1. The van der Waals surface area contributed by atoms with Gasteiger partial charge in [0.25, 0.3) is 0 Å². The predicted octanol–water partition coefficient (Wildman–Crippen LogP) is 10.9. The van der Waals surface area contributed by atoms with Crippen molar-refractivity contribution in [2.75, 3.05) is 0 Å². The summed E-state index contributed by atoms with van der Waals surface area (Å²) in [6.07, 6.45) is 14.0. The minimum Gasteiger partial charge on any atom is -0.106 e. The summed E-state index contributed by atoms with van der Waals surface area (Å²) in [6.45, 7) is 30.0. The second-order valence-corrected chi connectivity index (χ2v) is 11.1. The van der Waals surface area contributed by atoms with Crippen molar-refractivity contribution in [1.29, 1.82) is 0 Å². The second kappa shape index (κ2) is 15.3. The highest BCUT2D eigenvalue weighted by Gasteiger charge is 2.41. The number of hydrogen-bond donors (Lipinski definition) is 0. The van der Waals surface area contributed by atoms with Crippen molar-refractivity contribution in [3.63, 3.8) is 0 Å². The van der Waals surface area contributed by atoms with Crippen LogP contribution in [-0.4, -0.2) is 0 Å². The molecule has 0 heterocycles. The van der Waals surface area contributed by atoms with Gasteiger partial charge in [0, 0.05) is 0 Å². The maximum Gasteiger partial charge on any atom is -0.00854 e. The van der Waals surface area contributed by atoms with Crippen LogP contribution < -0.4 is 0 Å². The Balaban J connectivity index is 0.00000212. The van der Waals surface area contributed by atoms with Crippen LogP contribution in [0.3, 0.4) is 0 Å². The fourth-order valence-corrected chi connectivity index (χ4v) is 7.18. The van der Waals surface area contributed by atoms with E-state index < -0.39 is 0 Å². The van der Waals surface area contributed by atoms with E-state index in [0.717, 1.165) is 35.5 Å². The van der Waals surface area contributed by atoms with Gasteiger partial charge in [0.2, 0.25) is 0 Å². The molecule has 6 unspecified atom stereocenters. The van der Waals surface area contributed by atoms with Gasteiger partial charge in [-0.05, 0) is 92.3 Å². The first-order chi connectivity index (χ1) is 14.7. The van der Waals surface area contributed by atoms with E-state index in [9.17, 15) is 0 Å². The Labute approximate surface area is 198 Å². The van der Waals surface area contributed by atoms with Crippen LogP contribution in [0.25, 0.3) is 0 Å². The highest BCUT2D eigenvalue weighted by atomic mass is 14.5. The molecule has 2 aliphatic rings. The molecular formula is C31H60. The van der Waals surface area contributed by atoms with Gasteiger partial charge >= 0.3 is 0 Å². The Morgan fingerprint density at radius 2 is 1.55 bits per heavy atom. The molecule has 0 radical (unpaired) electrons. The minimum absolute atomic E-state index is 0.481. The lowest BCUT2D eigenvalue weighted by Gasteiger charge is -2.46. The first-order valence-electron chi connectivity index (χ1n) is 14.0. The molecular weight excluding hydrogens is 372 g/mol. The zero-order chi connectivity index (χ0) is 24.2. The van der Waals surface area contributed by atoms with Gasteiger partial charge in [-0.2, -0.15) is 0 Å². The molecule has 2 rings (SSSR count). The zero-order valence-corrected chi connectivity index (χ0v) is 23.4. The summed E-state index contributed by atoms with van der Waals surface area (Å²) in [5.74, 6) is 5.25. The topological polar surface area (TPSA) is 0 Å². The van der Waals surface area contributed by atoms with Crippen LogP contribution in [0.5, 0.6) is 0 Å². The SMILES string of the molecule is C=C.CC.CCCC1(C)C2=C(CCC1CC)C(C)CCC(C(C)CC(C)C)C(C)CC2. The molecule has 0 heteroatoms. The number of allylic oxidation sites excluding steroid dienone is 2. The molecule has 0 saturated carbocycles. The standard InChI is InChI=1S/C27H50.C2H6.C2H4/c1-9-17-27(8)23(10-2)13-15-25-21(6)11-14-24(22(7)18-19(3)4)20(5)12-16-26(25)27;2*1-2/h19-24H,9-18H2,1-8H3;1-2H3;1-2H2. The zero-order valence-electron chi connectivity index (χ0n) is 23.4. The van der Waals surface area contributed by atoms with Crippen molar-refractivity contribution in [1.82, 2.24) is 0 Å². The van der Waals surface area contributed by atoms with Crippen LogP contribution in [0.2, 0.25) is 0 Å². The molecule has 0 N–H and O–H groups in total. The van der Waals surface area contributed by atoms with E-state index in [2.05, 4.69) is 68.5 Å². The van der Waals surface area contributed by atoms with Gasteiger partial charge in [-0.3, -0.25) is 0 Å².